The Morgan fingerprint density at radius 2 is 1.11 bits per heavy atom. The van der Waals surface area contributed by atoms with Crippen molar-refractivity contribution in [2.45, 2.75) is 104 Å². The summed E-state index contributed by atoms with van der Waals surface area (Å²) in [5.41, 5.74) is 19.2. The topological polar surface area (TPSA) is 336 Å². The molecule has 6 amide bonds. The number of rotatable bonds is 44. The van der Waals surface area contributed by atoms with E-state index in [4.69, 9.17) is 78.5 Å². The first-order chi connectivity index (χ1) is 49.2. The smallest absolute Gasteiger partial charge is 0.312 e. The third kappa shape index (κ3) is 23.1. The summed E-state index contributed by atoms with van der Waals surface area (Å²) < 4.78 is 62.3. The number of aryl methyl sites for hydroxylation is 1. The molecule has 9 rings (SSSR count). The van der Waals surface area contributed by atoms with E-state index >= 15 is 0 Å². The summed E-state index contributed by atoms with van der Waals surface area (Å²) in [6.07, 6.45) is 5.17. The van der Waals surface area contributed by atoms with Crippen molar-refractivity contribution in [3.05, 3.63) is 135 Å². The number of carbonyl (C=O) groups excluding carboxylic acids is 6. The number of carbonyl (C=O) groups is 6. The molecule has 544 valence electrons. The molecule has 101 heavy (non-hydrogen) atoms. The van der Waals surface area contributed by atoms with Crippen molar-refractivity contribution in [1.82, 2.24) is 25.4 Å². The van der Waals surface area contributed by atoms with Crippen LogP contribution in [0.4, 0.5) is 21.9 Å². The zero-order valence-corrected chi connectivity index (χ0v) is 58.3. The fourth-order valence-corrected chi connectivity index (χ4v) is 12.0. The fourth-order valence-electron chi connectivity index (χ4n) is 12.0. The Morgan fingerprint density at radius 3 is 1.66 bits per heavy atom. The zero-order chi connectivity index (χ0) is 71.3. The number of ketones is 1. The monoisotopic (exact) mass is 1400 g/mol. The number of amides is 6. The first kappa shape index (κ1) is 76.4. The van der Waals surface area contributed by atoms with Gasteiger partial charge in [-0.2, -0.15) is 0 Å². The average molecular weight is 1400 g/mol. The number of primary amides is 1. The van der Waals surface area contributed by atoms with E-state index in [1.807, 2.05) is 86.5 Å². The van der Waals surface area contributed by atoms with Gasteiger partial charge in [-0.15, -0.1) is 0 Å². The van der Waals surface area contributed by atoms with Crippen LogP contribution < -0.4 is 41.6 Å². The molecule has 4 aliphatic rings. The minimum Gasteiger partial charge on any atom is -0.493 e. The van der Waals surface area contributed by atoms with Gasteiger partial charge in [0.05, 0.1) is 165 Å². The van der Waals surface area contributed by atoms with Gasteiger partial charge in [0.2, 0.25) is 11.8 Å². The molecule has 0 spiro atoms. The SMILES string of the molecule is COc1cc2c(cc1OCc1cccc(COc3cc4c(cc3C)C(=O)N3Cc5ccccc5C[C@H]3C=N4)n1)N=C[C@@H]1Cc3ccc(NC(=O)[C@H](CCCNC(N)=O)CC(=O)[C@@H](NC(=O)CCOCCOCCOCCOCCOCCOCCOCCOCCN)C(C)C)cc3CN1C2=O. The quantitative estimate of drug-likeness (QED) is 0.0253. The van der Waals surface area contributed by atoms with Crippen molar-refractivity contribution in [3.8, 4) is 17.2 Å². The van der Waals surface area contributed by atoms with E-state index in [2.05, 4.69) is 28.1 Å². The lowest BCUT2D eigenvalue weighted by Gasteiger charge is -2.34. The standard InChI is InChI=1S/C74H96N10O17/c1-49(2)70(82-69(86)16-19-92-21-23-94-25-27-96-29-31-98-33-34-99-32-30-97-28-26-95-24-22-93-20-17-75)65(85)39-53(11-8-18-77-74(76)90)71(87)81-56-15-14-52-38-60-44-79-64-42-68(67(91-4)40-62(64)73(89)84(60)46-55(52)36-56)101-48-58-13-7-12-57(80-58)47-100-66-41-63-61(35-50(66)3)72(88)83-45-54-10-6-5-9-51(54)37-59(83)43-78-63/h5-7,9-10,12-15,35-36,40-44,49,53,59-60,70H,8,11,16-34,37-39,45-48,75H2,1-4H3,(H,81,87)(H,82,86)(H3,76,77,90)/t53-,59+,60+,70+/m1/s1. The maximum atomic E-state index is 14.6. The Morgan fingerprint density at radius 1 is 0.594 bits per heavy atom. The van der Waals surface area contributed by atoms with Gasteiger partial charge in [0, 0.05) is 75.2 Å². The van der Waals surface area contributed by atoms with E-state index in [1.54, 1.807) is 29.3 Å². The molecule has 0 saturated heterocycles. The molecule has 0 bridgehead atoms. The lowest BCUT2D eigenvalue weighted by Crippen LogP contribution is -2.46. The normalized spacial score (nSPS) is 15.6. The van der Waals surface area contributed by atoms with Crippen LogP contribution in [-0.4, -0.2) is 207 Å². The Hall–Kier alpha value is -8.77. The molecule has 27 heteroatoms. The molecule has 1 aromatic heterocycles. The molecule has 4 atom stereocenters. The number of aliphatic imine (C=N–C) groups is 2. The highest BCUT2D eigenvalue weighted by Crippen LogP contribution is 2.40. The van der Waals surface area contributed by atoms with Gasteiger partial charge in [0.25, 0.3) is 11.8 Å². The predicted octanol–water partition coefficient (Wildman–Crippen LogP) is 6.71. The highest BCUT2D eigenvalue weighted by Gasteiger charge is 2.36. The molecule has 7 N–H and O–H groups in total. The second kappa shape index (κ2) is 40.0. The predicted molar refractivity (Wildman–Crippen MR) is 377 cm³/mol. The number of pyridine rings is 1. The Balaban J connectivity index is 0.698. The number of hydrogen-bond acceptors (Lipinski definition) is 21. The van der Waals surface area contributed by atoms with E-state index in [1.165, 1.54) is 12.7 Å². The van der Waals surface area contributed by atoms with Crippen LogP contribution in [0, 0.1) is 18.8 Å². The fraction of sp³-hybridized carbons (Fsp3) is 0.500. The van der Waals surface area contributed by atoms with E-state index < -0.39 is 23.9 Å². The number of nitrogens with two attached hydrogens (primary N) is 2. The number of nitrogens with zero attached hydrogens (tertiary/aromatic N) is 5. The summed E-state index contributed by atoms with van der Waals surface area (Å²) in [5, 5.41) is 8.41. The Labute approximate surface area is 589 Å². The number of hydrogen-bond donors (Lipinski definition) is 5. The van der Waals surface area contributed by atoms with Gasteiger partial charge in [0.1, 0.15) is 19.0 Å². The molecule has 4 aliphatic heterocycles. The van der Waals surface area contributed by atoms with E-state index in [9.17, 15) is 28.8 Å². The van der Waals surface area contributed by atoms with Gasteiger partial charge in [-0.1, -0.05) is 50.2 Å². The molecule has 0 saturated carbocycles. The van der Waals surface area contributed by atoms with Crippen LogP contribution in [0.15, 0.2) is 94.9 Å². The molecule has 0 aliphatic carbocycles. The molecule has 0 fully saturated rings. The maximum absolute atomic E-state index is 14.6. The van der Waals surface area contributed by atoms with Crippen LogP contribution >= 0.6 is 0 Å². The number of methoxy groups -OCH3 is 1. The second-order valence-electron chi connectivity index (χ2n) is 25.1. The molecular weight excluding hydrogens is 1300 g/mol. The third-order valence-corrected chi connectivity index (χ3v) is 17.4. The second-order valence-corrected chi connectivity index (χ2v) is 25.1. The first-order valence-corrected chi connectivity index (χ1v) is 34.6. The molecular formula is C74H96N10O17. The van der Waals surface area contributed by atoms with Gasteiger partial charge in [-0.25, -0.2) is 4.79 Å². The molecule has 5 heterocycles. The van der Waals surface area contributed by atoms with E-state index in [0.717, 1.165) is 22.3 Å². The summed E-state index contributed by atoms with van der Waals surface area (Å²) in [7, 11) is 1.50. The van der Waals surface area contributed by atoms with Gasteiger partial charge in [-0.05, 0) is 103 Å². The van der Waals surface area contributed by atoms with Crippen molar-refractivity contribution in [2.75, 3.05) is 131 Å². The summed E-state index contributed by atoms with van der Waals surface area (Å²) in [5.74, 6) is -1.31. The molecule has 27 nitrogen and oxygen atoms in total. The Bertz CT molecular complexity index is 3650. The van der Waals surface area contributed by atoms with Crippen LogP contribution in [-0.2, 0) is 91.4 Å². The van der Waals surface area contributed by atoms with Crippen LogP contribution in [0.1, 0.15) is 99.5 Å². The first-order valence-electron chi connectivity index (χ1n) is 34.6. The van der Waals surface area contributed by atoms with Gasteiger partial charge < -0.3 is 89.3 Å². The summed E-state index contributed by atoms with van der Waals surface area (Å²) >= 11 is 0. The van der Waals surface area contributed by atoms with Gasteiger partial charge >= 0.3 is 6.03 Å². The van der Waals surface area contributed by atoms with Crippen LogP contribution in [0.5, 0.6) is 17.2 Å². The van der Waals surface area contributed by atoms with E-state index in [-0.39, 0.29) is 100 Å². The van der Waals surface area contributed by atoms with Crippen LogP contribution in [0.2, 0.25) is 0 Å². The van der Waals surface area contributed by atoms with Crippen molar-refractivity contribution >= 4 is 64.9 Å². The van der Waals surface area contributed by atoms with Crippen molar-refractivity contribution in [3.63, 3.8) is 0 Å². The molecule has 4 aromatic carbocycles. The van der Waals surface area contributed by atoms with Crippen molar-refractivity contribution in [2.24, 2.45) is 33.3 Å². The van der Waals surface area contributed by atoms with Crippen molar-refractivity contribution < 1.29 is 80.9 Å². The highest BCUT2D eigenvalue weighted by atomic mass is 16.6. The Kier molecular flexibility index (Phi) is 30.3. The molecule has 0 unspecified atom stereocenters. The minimum absolute atomic E-state index is 0.00129. The van der Waals surface area contributed by atoms with Gasteiger partial charge in [0.15, 0.2) is 17.3 Å². The number of benzene rings is 4. The lowest BCUT2D eigenvalue weighted by molar-refractivity contribution is -0.131. The number of Topliss-reactive ketones (excluding diaryl/α,β-unsaturated/α-hetero) is 1. The van der Waals surface area contributed by atoms with Crippen molar-refractivity contribution in [1.29, 1.82) is 0 Å². The largest absolute Gasteiger partial charge is 0.493 e. The third-order valence-electron chi connectivity index (χ3n) is 17.4. The highest BCUT2D eigenvalue weighted by molar-refractivity contribution is 6.05. The zero-order valence-electron chi connectivity index (χ0n) is 58.3. The summed E-state index contributed by atoms with van der Waals surface area (Å²) in [6, 6.07) is 24.2. The average Bonchev–Trinajstić information content (AvgIpc) is 1.72. The number of urea groups is 1. The number of ether oxygens (including phenoxy) is 11. The minimum atomic E-state index is -0.884. The number of aromatic nitrogens is 1. The molecule has 0 radical (unpaired) electrons. The number of anilines is 1. The van der Waals surface area contributed by atoms with E-state index in [0.29, 0.717) is 182 Å². The number of fused-ring (bicyclic) bond motifs is 6. The molecule has 5 aromatic rings. The van der Waals surface area contributed by atoms with Crippen LogP contribution in [0.3, 0.4) is 0 Å². The summed E-state index contributed by atoms with van der Waals surface area (Å²) in [4.78, 5) is 99.5. The van der Waals surface area contributed by atoms with Crippen LogP contribution in [0.25, 0.3) is 0 Å². The number of nitrogens with one attached hydrogen (secondary N) is 3. The summed E-state index contributed by atoms with van der Waals surface area (Å²) in [6.45, 7) is 13.7. The van der Waals surface area contributed by atoms with Gasteiger partial charge in [-0.3, -0.25) is 38.9 Å². The maximum Gasteiger partial charge on any atom is 0.312 e. The lowest BCUT2D eigenvalue weighted by atomic mass is 9.89.